The third-order valence-corrected chi connectivity index (χ3v) is 2.75. The minimum Gasteiger partial charge on any atom is -0.496 e. The molecule has 0 heterocycles. The first-order valence-corrected chi connectivity index (χ1v) is 4.91. The molecule has 0 bridgehead atoms. The van der Waals surface area contributed by atoms with Crippen LogP contribution in [-0.2, 0) is 0 Å². The van der Waals surface area contributed by atoms with Gasteiger partial charge >= 0.3 is 0 Å². The van der Waals surface area contributed by atoms with E-state index in [0.717, 1.165) is 11.3 Å². The molecule has 0 unspecified atom stereocenters. The standard InChI is InChI=1S/C11H16N2O/c1-14-10-6-8(12)4-5-9(10)11(13)7-2-3-7/h4-7,11H,2-3,12-13H2,1H3/t11-/m1/s1. The summed E-state index contributed by atoms with van der Waals surface area (Å²) < 4.78 is 5.27. The SMILES string of the molecule is COc1cc(N)ccc1[C@H](N)C1CC1. The van der Waals surface area contributed by atoms with Crippen LogP contribution in [0.1, 0.15) is 24.4 Å². The van der Waals surface area contributed by atoms with Gasteiger partial charge in [0.2, 0.25) is 0 Å². The van der Waals surface area contributed by atoms with Crippen LogP contribution >= 0.6 is 0 Å². The molecule has 0 amide bonds. The lowest BCUT2D eigenvalue weighted by molar-refractivity contribution is 0.403. The summed E-state index contributed by atoms with van der Waals surface area (Å²) >= 11 is 0. The van der Waals surface area contributed by atoms with E-state index < -0.39 is 0 Å². The first-order chi connectivity index (χ1) is 6.72. The van der Waals surface area contributed by atoms with E-state index in [1.54, 1.807) is 7.11 Å². The smallest absolute Gasteiger partial charge is 0.125 e. The summed E-state index contributed by atoms with van der Waals surface area (Å²) in [6.07, 6.45) is 2.46. The zero-order valence-corrected chi connectivity index (χ0v) is 8.36. The third kappa shape index (κ3) is 1.68. The van der Waals surface area contributed by atoms with Gasteiger partial charge in [-0.15, -0.1) is 0 Å². The number of nitrogen functional groups attached to an aromatic ring is 1. The fraction of sp³-hybridized carbons (Fsp3) is 0.455. The van der Waals surface area contributed by atoms with Crippen LogP contribution in [0.5, 0.6) is 5.75 Å². The Morgan fingerprint density at radius 2 is 2.14 bits per heavy atom. The number of benzene rings is 1. The van der Waals surface area contributed by atoms with Gasteiger partial charge in [-0.1, -0.05) is 6.07 Å². The highest BCUT2D eigenvalue weighted by molar-refractivity contribution is 5.49. The summed E-state index contributed by atoms with van der Waals surface area (Å²) in [6, 6.07) is 5.78. The Morgan fingerprint density at radius 1 is 1.43 bits per heavy atom. The minimum atomic E-state index is 0.102. The quantitative estimate of drug-likeness (QED) is 0.716. The average molecular weight is 192 g/mol. The van der Waals surface area contributed by atoms with Crippen LogP contribution in [0.25, 0.3) is 0 Å². The van der Waals surface area contributed by atoms with Gasteiger partial charge in [-0.2, -0.15) is 0 Å². The van der Waals surface area contributed by atoms with Crippen LogP contribution < -0.4 is 16.2 Å². The highest BCUT2D eigenvalue weighted by atomic mass is 16.5. The molecule has 14 heavy (non-hydrogen) atoms. The van der Waals surface area contributed by atoms with Gasteiger partial charge in [-0.25, -0.2) is 0 Å². The molecule has 0 radical (unpaired) electrons. The molecule has 1 aliphatic rings. The molecule has 3 nitrogen and oxygen atoms in total. The fourth-order valence-corrected chi connectivity index (χ4v) is 1.71. The van der Waals surface area contributed by atoms with E-state index in [9.17, 15) is 0 Å². The zero-order valence-electron chi connectivity index (χ0n) is 8.36. The van der Waals surface area contributed by atoms with Crippen molar-refractivity contribution in [3.63, 3.8) is 0 Å². The summed E-state index contributed by atoms with van der Waals surface area (Å²) in [5.41, 5.74) is 13.6. The molecule has 1 aromatic carbocycles. The van der Waals surface area contributed by atoms with Crippen molar-refractivity contribution in [2.24, 2.45) is 11.7 Å². The second-order valence-corrected chi connectivity index (χ2v) is 3.86. The normalized spacial score (nSPS) is 17.9. The number of rotatable bonds is 3. The van der Waals surface area contributed by atoms with Gasteiger partial charge in [0.1, 0.15) is 5.75 Å². The van der Waals surface area contributed by atoms with Crippen LogP contribution in [-0.4, -0.2) is 7.11 Å². The van der Waals surface area contributed by atoms with Crippen molar-refractivity contribution in [2.75, 3.05) is 12.8 Å². The first-order valence-electron chi connectivity index (χ1n) is 4.91. The molecular weight excluding hydrogens is 176 g/mol. The summed E-state index contributed by atoms with van der Waals surface area (Å²) in [7, 11) is 1.65. The molecule has 0 aliphatic heterocycles. The monoisotopic (exact) mass is 192 g/mol. The molecule has 4 N–H and O–H groups in total. The van der Waals surface area contributed by atoms with Gasteiger partial charge in [0.25, 0.3) is 0 Å². The third-order valence-electron chi connectivity index (χ3n) is 2.75. The molecule has 76 valence electrons. The Morgan fingerprint density at radius 3 is 2.71 bits per heavy atom. The Hall–Kier alpha value is -1.22. The van der Waals surface area contributed by atoms with Crippen molar-refractivity contribution >= 4 is 5.69 Å². The lowest BCUT2D eigenvalue weighted by Gasteiger charge is -2.15. The van der Waals surface area contributed by atoms with Gasteiger partial charge in [0, 0.05) is 23.4 Å². The van der Waals surface area contributed by atoms with E-state index in [1.165, 1.54) is 12.8 Å². The van der Waals surface area contributed by atoms with Crippen molar-refractivity contribution < 1.29 is 4.74 Å². The largest absolute Gasteiger partial charge is 0.496 e. The molecule has 1 saturated carbocycles. The van der Waals surface area contributed by atoms with Crippen molar-refractivity contribution in [3.05, 3.63) is 23.8 Å². The lowest BCUT2D eigenvalue weighted by Crippen LogP contribution is -2.13. The number of methoxy groups -OCH3 is 1. The molecular formula is C11H16N2O. The van der Waals surface area contributed by atoms with E-state index in [-0.39, 0.29) is 6.04 Å². The van der Waals surface area contributed by atoms with Crippen molar-refractivity contribution in [2.45, 2.75) is 18.9 Å². The van der Waals surface area contributed by atoms with Crippen molar-refractivity contribution in [3.8, 4) is 5.75 Å². The molecule has 1 atom stereocenters. The van der Waals surface area contributed by atoms with Crippen LogP contribution in [0.3, 0.4) is 0 Å². The van der Waals surface area contributed by atoms with E-state index in [4.69, 9.17) is 16.2 Å². The van der Waals surface area contributed by atoms with Crippen LogP contribution in [0, 0.1) is 5.92 Å². The van der Waals surface area contributed by atoms with Gasteiger partial charge in [-0.3, -0.25) is 0 Å². The molecule has 1 aromatic rings. The zero-order chi connectivity index (χ0) is 10.1. The van der Waals surface area contributed by atoms with E-state index >= 15 is 0 Å². The van der Waals surface area contributed by atoms with Gasteiger partial charge in [0.15, 0.2) is 0 Å². The molecule has 2 rings (SSSR count). The van der Waals surface area contributed by atoms with Gasteiger partial charge in [0.05, 0.1) is 7.11 Å². The number of ether oxygens (including phenoxy) is 1. The second kappa shape index (κ2) is 3.50. The predicted octanol–water partition coefficient (Wildman–Crippen LogP) is 1.69. The topological polar surface area (TPSA) is 61.3 Å². The highest BCUT2D eigenvalue weighted by Gasteiger charge is 2.31. The summed E-state index contributed by atoms with van der Waals surface area (Å²) in [4.78, 5) is 0. The highest BCUT2D eigenvalue weighted by Crippen LogP contribution is 2.42. The number of nitrogens with two attached hydrogens (primary N) is 2. The van der Waals surface area contributed by atoms with Crippen LogP contribution in [0.15, 0.2) is 18.2 Å². The van der Waals surface area contributed by atoms with Crippen molar-refractivity contribution in [1.29, 1.82) is 0 Å². The van der Waals surface area contributed by atoms with Crippen LogP contribution in [0.4, 0.5) is 5.69 Å². The van der Waals surface area contributed by atoms with Crippen molar-refractivity contribution in [1.82, 2.24) is 0 Å². The van der Waals surface area contributed by atoms with Gasteiger partial charge in [-0.05, 0) is 24.8 Å². The maximum Gasteiger partial charge on any atom is 0.125 e. The van der Waals surface area contributed by atoms with E-state index in [1.807, 2.05) is 18.2 Å². The molecule has 1 aliphatic carbocycles. The fourth-order valence-electron chi connectivity index (χ4n) is 1.71. The molecule has 0 spiro atoms. The predicted molar refractivity (Wildman–Crippen MR) is 57.1 cm³/mol. The summed E-state index contributed by atoms with van der Waals surface area (Å²) in [6.45, 7) is 0. The maximum absolute atomic E-state index is 6.11. The Kier molecular flexibility index (Phi) is 2.33. The lowest BCUT2D eigenvalue weighted by atomic mass is 10.0. The Bertz CT molecular complexity index is 334. The number of anilines is 1. The van der Waals surface area contributed by atoms with E-state index in [2.05, 4.69) is 0 Å². The maximum atomic E-state index is 6.11. The Balaban J connectivity index is 2.30. The van der Waals surface area contributed by atoms with Gasteiger partial charge < -0.3 is 16.2 Å². The molecule has 0 saturated heterocycles. The first kappa shape index (κ1) is 9.34. The Labute approximate surface area is 84.0 Å². The van der Waals surface area contributed by atoms with Crippen LogP contribution in [0.2, 0.25) is 0 Å². The summed E-state index contributed by atoms with van der Waals surface area (Å²) in [5.74, 6) is 1.44. The minimum absolute atomic E-state index is 0.102. The molecule has 3 heteroatoms. The van der Waals surface area contributed by atoms with E-state index in [0.29, 0.717) is 11.6 Å². The average Bonchev–Trinajstić information content (AvgIpc) is 3.00. The second-order valence-electron chi connectivity index (χ2n) is 3.86. The number of hydrogen-bond donors (Lipinski definition) is 2. The molecule has 0 aromatic heterocycles. The number of hydrogen-bond acceptors (Lipinski definition) is 3. The molecule has 1 fully saturated rings. The summed E-state index contributed by atoms with van der Waals surface area (Å²) in [5, 5.41) is 0.